The molecule has 1 aromatic rings. The molecule has 0 aromatic heterocycles. The van der Waals surface area contributed by atoms with E-state index in [2.05, 4.69) is 0 Å². The summed E-state index contributed by atoms with van der Waals surface area (Å²) in [6.45, 7) is 1.53. The highest BCUT2D eigenvalue weighted by Crippen LogP contribution is 2.27. The van der Waals surface area contributed by atoms with Crippen molar-refractivity contribution >= 4 is 5.97 Å². The zero-order chi connectivity index (χ0) is 13.1. The average Bonchev–Trinajstić information content (AvgIpc) is 2.87. The van der Waals surface area contributed by atoms with Crippen LogP contribution in [-0.4, -0.2) is 31.1 Å². The van der Waals surface area contributed by atoms with Crippen molar-refractivity contribution in [1.82, 2.24) is 4.90 Å². The second kappa shape index (κ2) is 5.44. The molecular formula is C13H15F2NO2. The summed E-state index contributed by atoms with van der Waals surface area (Å²) in [4.78, 5) is 13.7. The molecule has 0 amide bonds. The summed E-state index contributed by atoms with van der Waals surface area (Å²) >= 11 is 0. The van der Waals surface area contributed by atoms with E-state index in [4.69, 9.17) is 4.74 Å². The number of ether oxygens (including phenoxy) is 1. The minimum absolute atomic E-state index is 0.433. The maximum Gasteiger partial charge on any atom is 0.327 e. The van der Waals surface area contributed by atoms with Crippen LogP contribution in [0.25, 0.3) is 0 Å². The molecule has 1 fully saturated rings. The van der Waals surface area contributed by atoms with E-state index < -0.39 is 23.6 Å². The molecule has 2 rings (SSSR count). The van der Waals surface area contributed by atoms with Gasteiger partial charge >= 0.3 is 5.97 Å². The molecule has 0 radical (unpaired) electrons. The molecule has 0 spiro atoms. The molecule has 18 heavy (non-hydrogen) atoms. The highest BCUT2D eigenvalue weighted by atomic mass is 19.2. The van der Waals surface area contributed by atoms with Crippen LogP contribution in [0.3, 0.4) is 0 Å². The number of likely N-dealkylation sites (tertiary alicyclic amines) is 1. The standard InChI is InChI=1S/C13H15F2NO2/c1-18-13(17)12(16-6-2-3-7-16)9-4-5-10(14)11(15)8-9/h4-5,8,12H,2-3,6-7H2,1H3. The molecular weight excluding hydrogens is 240 g/mol. The van der Waals surface area contributed by atoms with Gasteiger partial charge in [-0.05, 0) is 43.6 Å². The van der Waals surface area contributed by atoms with Gasteiger partial charge in [-0.25, -0.2) is 13.6 Å². The van der Waals surface area contributed by atoms with Crippen LogP contribution in [0.4, 0.5) is 8.78 Å². The van der Waals surface area contributed by atoms with Gasteiger partial charge in [-0.1, -0.05) is 6.07 Å². The van der Waals surface area contributed by atoms with Crippen LogP contribution >= 0.6 is 0 Å². The molecule has 98 valence electrons. The Balaban J connectivity index is 2.32. The van der Waals surface area contributed by atoms with Crippen LogP contribution in [-0.2, 0) is 9.53 Å². The third kappa shape index (κ3) is 2.51. The number of rotatable bonds is 3. The molecule has 1 atom stereocenters. The number of hydrogen-bond acceptors (Lipinski definition) is 3. The molecule has 1 aliphatic rings. The molecule has 0 bridgehead atoms. The third-order valence-corrected chi connectivity index (χ3v) is 3.19. The monoisotopic (exact) mass is 255 g/mol. The van der Waals surface area contributed by atoms with Crippen molar-refractivity contribution in [2.24, 2.45) is 0 Å². The first-order valence-corrected chi connectivity index (χ1v) is 5.90. The molecule has 5 heteroatoms. The third-order valence-electron chi connectivity index (χ3n) is 3.19. The summed E-state index contributed by atoms with van der Waals surface area (Å²) in [5.74, 6) is -2.30. The smallest absolute Gasteiger partial charge is 0.327 e. The lowest BCUT2D eigenvalue weighted by Crippen LogP contribution is -2.32. The first-order chi connectivity index (χ1) is 8.63. The molecule has 1 aliphatic heterocycles. The minimum atomic E-state index is -0.944. The number of carbonyl (C=O) groups is 1. The lowest BCUT2D eigenvalue weighted by molar-refractivity contribution is -0.146. The van der Waals surface area contributed by atoms with Gasteiger partial charge in [0.25, 0.3) is 0 Å². The number of benzene rings is 1. The Labute approximate surface area is 104 Å². The number of methoxy groups -OCH3 is 1. The molecule has 1 heterocycles. The zero-order valence-electron chi connectivity index (χ0n) is 10.2. The Morgan fingerprint density at radius 2 is 1.94 bits per heavy atom. The summed E-state index contributed by atoms with van der Waals surface area (Å²) in [7, 11) is 1.30. The van der Waals surface area contributed by atoms with Crippen molar-refractivity contribution in [3.05, 3.63) is 35.4 Å². The molecule has 0 N–H and O–H groups in total. The first kappa shape index (κ1) is 13.0. The first-order valence-electron chi connectivity index (χ1n) is 5.90. The van der Waals surface area contributed by atoms with E-state index in [1.54, 1.807) is 0 Å². The van der Waals surface area contributed by atoms with Gasteiger partial charge in [-0.2, -0.15) is 0 Å². The molecule has 1 aromatic carbocycles. The van der Waals surface area contributed by atoms with Gasteiger partial charge in [0.2, 0.25) is 0 Å². The van der Waals surface area contributed by atoms with Gasteiger partial charge in [-0.15, -0.1) is 0 Å². The van der Waals surface area contributed by atoms with Crippen molar-refractivity contribution < 1.29 is 18.3 Å². The summed E-state index contributed by atoms with van der Waals surface area (Å²) in [6, 6.07) is 2.89. The predicted molar refractivity (Wildman–Crippen MR) is 61.9 cm³/mol. The number of hydrogen-bond donors (Lipinski definition) is 0. The number of esters is 1. The Hall–Kier alpha value is -1.49. The summed E-state index contributed by atoms with van der Waals surface area (Å²) in [5, 5.41) is 0. The molecule has 1 unspecified atom stereocenters. The Kier molecular flexibility index (Phi) is 3.91. The van der Waals surface area contributed by atoms with E-state index in [0.717, 1.165) is 38.1 Å². The minimum Gasteiger partial charge on any atom is -0.468 e. The second-order valence-electron chi connectivity index (χ2n) is 4.34. The van der Waals surface area contributed by atoms with Crippen LogP contribution < -0.4 is 0 Å². The lowest BCUT2D eigenvalue weighted by atomic mass is 10.1. The fourth-order valence-electron chi connectivity index (χ4n) is 2.29. The Morgan fingerprint density at radius 3 is 2.50 bits per heavy atom. The van der Waals surface area contributed by atoms with Crippen LogP contribution in [0, 0.1) is 11.6 Å². The van der Waals surface area contributed by atoms with Crippen molar-refractivity contribution in [1.29, 1.82) is 0 Å². The lowest BCUT2D eigenvalue weighted by Gasteiger charge is -2.25. The Morgan fingerprint density at radius 1 is 1.28 bits per heavy atom. The highest BCUT2D eigenvalue weighted by Gasteiger charge is 2.30. The van der Waals surface area contributed by atoms with Gasteiger partial charge < -0.3 is 4.74 Å². The van der Waals surface area contributed by atoms with Gasteiger partial charge in [-0.3, -0.25) is 4.90 Å². The zero-order valence-corrected chi connectivity index (χ0v) is 10.2. The molecule has 0 aliphatic carbocycles. The van der Waals surface area contributed by atoms with Gasteiger partial charge in [0.1, 0.15) is 6.04 Å². The highest BCUT2D eigenvalue weighted by molar-refractivity contribution is 5.77. The second-order valence-corrected chi connectivity index (χ2v) is 4.34. The van der Waals surface area contributed by atoms with Crippen molar-refractivity contribution in [2.45, 2.75) is 18.9 Å². The quantitative estimate of drug-likeness (QED) is 0.776. The number of nitrogens with zero attached hydrogens (tertiary/aromatic N) is 1. The molecule has 0 saturated carbocycles. The number of halogens is 2. The fraction of sp³-hybridized carbons (Fsp3) is 0.462. The van der Waals surface area contributed by atoms with E-state index in [1.165, 1.54) is 13.2 Å². The SMILES string of the molecule is COC(=O)C(c1ccc(F)c(F)c1)N1CCCC1. The van der Waals surface area contributed by atoms with E-state index in [0.29, 0.717) is 5.56 Å². The van der Waals surface area contributed by atoms with E-state index in [1.807, 2.05) is 4.90 Å². The summed E-state index contributed by atoms with van der Waals surface area (Å²) in [5.41, 5.74) is 0.433. The normalized spacial score (nSPS) is 17.7. The molecule has 3 nitrogen and oxygen atoms in total. The van der Waals surface area contributed by atoms with Crippen LogP contribution in [0.2, 0.25) is 0 Å². The van der Waals surface area contributed by atoms with E-state index in [9.17, 15) is 13.6 Å². The summed E-state index contributed by atoms with van der Waals surface area (Å²) in [6.07, 6.45) is 1.99. The van der Waals surface area contributed by atoms with Crippen LogP contribution in [0.5, 0.6) is 0 Å². The molecule has 1 saturated heterocycles. The largest absolute Gasteiger partial charge is 0.468 e. The topological polar surface area (TPSA) is 29.5 Å². The van der Waals surface area contributed by atoms with E-state index >= 15 is 0 Å². The maximum atomic E-state index is 13.2. The number of carbonyl (C=O) groups excluding carboxylic acids is 1. The van der Waals surface area contributed by atoms with Crippen LogP contribution in [0.1, 0.15) is 24.4 Å². The Bertz CT molecular complexity index is 445. The van der Waals surface area contributed by atoms with Gasteiger partial charge in [0, 0.05) is 0 Å². The fourth-order valence-corrected chi connectivity index (χ4v) is 2.29. The van der Waals surface area contributed by atoms with Crippen molar-refractivity contribution in [2.75, 3.05) is 20.2 Å². The summed E-state index contributed by atoms with van der Waals surface area (Å²) < 4.78 is 30.9. The van der Waals surface area contributed by atoms with Gasteiger partial charge in [0.05, 0.1) is 7.11 Å². The average molecular weight is 255 g/mol. The van der Waals surface area contributed by atoms with Gasteiger partial charge in [0.15, 0.2) is 11.6 Å². The van der Waals surface area contributed by atoms with Crippen molar-refractivity contribution in [3.8, 4) is 0 Å². The predicted octanol–water partition coefficient (Wildman–Crippen LogP) is 2.27. The van der Waals surface area contributed by atoms with Crippen LogP contribution in [0.15, 0.2) is 18.2 Å². The van der Waals surface area contributed by atoms with E-state index in [-0.39, 0.29) is 0 Å². The van der Waals surface area contributed by atoms with Crippen molar-refractivity contribution in [3.63, 3.8) is 0 Å². The maximum absolute atomic E-state index is 13.2.